The van der Waals surface area contributed by atoms with E-state index in [0.717, 1.165) is 0 Å². The van der Waals surface area contributed by atoms with Gasteiger partial charge in [0.1, 0.15) is 12.3 Å². The lowest BCUT2D eigenvalue weighted by Gasteiger charge is -2.26. The minimum atomic E-state index is -0.161. The second-order valence-electron chi connectivity index (χ2n) is 4.95. The van der Waals surface area contributed by atoms with Crippen LogP contribution in [-0.2, 0) is 0 Å². The van der Waals surface area contributed by atoms with Crippen LogP contribution in [0.4, 0.5) is 0 Å². The third-order valence-electron chi connectivity index (χ3n) is 3.10. The minimum Gasteiger partial charge on any atom is -0.369 e. The van der Waals surface area contributed by atoms with Crippen LogP contribution in [0, 0.1) is 0 Å². The molecule has 122 valence electrons. The lowest BCUT2D eigenvalue weighted by molar-refractivity contribution is 0.607. The summed E-state index contributed by atoms with van der Waals surface area (Å²) in [5.74, 6) is 2.57. The molecule has 0 amide bonds. The summed E-state index contributed by atoms with van der Waals surface area (Å²) in [6.07, 6.45) is -0.267. The Morgan fingerprint density at radius 2 is 1.68 bits per heavy atom. The van der Waals surface area contributed by atoms with Crippen LogP contribution in [0.5, 0.6) is 0 Å². The molecule has 0 aromatic heterocycles. The zero-order valence-electron chi connectivity index (χ0n) is 13.4. The van der Waals surface area contributed by atoms with E-state index in [1.165, 1.54) is 0 Å². The average Bonchev–Trinajstić information content (AvgIpc) is 2.47. The first-order valence-electron chi connectivity index (χ1n) is 7.22. The predicted molar refractivity (Wildman–Crippen MR) is 88.8 cm³/mol. The summed E-state index contributed by atoms with van der Waals surface area (Å²) in [5, 5.41) is 12.5. The van der Waals surface area contributed by atoms with Crippen molar-refractivity contribution in [2.75, 3.05) is 27.2 Å². The predicted octanol–water partition coefficient (Wildman–Crippen LogP) is -1.99. The maximum Gasteiger partial charge on any atom is 0.202 e. The van der Waals surface area contributed by atoms with Crippen LogP contribution >= 0.6 is 0 Å². The fourth-order valence-corrected chi connectivity index (χ4v) is 1.99. The van der Waals surface area contributed by atoms with E-state index in [2.05, 4.69) is 41.2 Å². The highest BCUT2D eigenvalue weighted by Crippen LogP contribution is 2.01. The van der Waals surface area contributed by atoms with Crippen LogP contribution in [0.1, 0.15) is 13.8 Å². The third-order valence-corrected chi connectivity index (χ3v) is 3.10. The molecular weight excluding hydrogens is 284 g/mol. The molecule has 2 aliphatic heterocycles. The Kier molecular flexibility index (Phi) is 5.02. The molecule has 2 heterocycles. The molecule has 2 unspecified atom stereocenters. The summed E-state index contributed by atoms with van der Waals surface area (Å²) in [5.41, 5.74) is 5.82. The van der Waals surface area contributed by atoms with Crippen molar-refractivity contribution in [3.8, 4) is 0 Å². The molecule has 0 saturated heterocycles. The summed E-state index contributed by atoms with van der Waals surface area (Å²) < 4.78 is 0. The van der Waals surface area contributed by atoms with Crippen LogP contribution in [0.25, 0.3) is 0 Å². The molecule has 0 bridgehead atoms. The van der Waals surface area contributed by atoms with Gasteiger partial charge < -0.3 is 21.7 Å². The number of hydrogen-bond acceptors (Lipinski definition) is 10. The molecule has 2 aliphatic rings. The normalized spacial score (nSPS) is 24.5. The number of nitrogens with one attached hydrogen (secondary N) is 4. The molecule has 0 saturated carbocycles. The lowest BCUT2D eigenvalue weighted by atomic mass is 10.5. The van der Waals surface area contributed by atoms with Crippen LogP contribution in [0.15, 0.2) is 20.0 Å². The monoisotopic (exact) mass is 308 g/mol. The van der Waals surface area contributed by atoms with Gasteiger partial charge in [-0.25, -0.2) is 20.0 Å². The molecule has 0 spiro atoms. The standard InChI is InChI=1S/C12H24N10/c1-7-17-9(13)22(4)12(20-7)16-6-5-15-11-19-8(2)18-10(14-3)21-11/h7-8H,5-6H2,1-4H3,(H2,13,17)(H,16,20)(H3,14,15,18,19,21). The van der Waals surface area contributed by atoms with Gasteiger partial charge in [0.15, 0.2) is 17.9 Å². The fraction of sp³-hybridized carbons (Fsp3) is 0.667. The molecule has 10 nitrogen and oxygen atoms in total. The Bertz CT molecular complexity index is 520. The zero-order chi connectivity index (χ0) is 16.1. The topological polar surface area (TPSA) is 127 Å². The average molecular weight is 308 g/mol. The van der Waals surface area contributed by atoms with E-state index < -0.39 is 0 Å². The number of nitrogens with zero attached hydrogens (tertiary/aromatic N) is 5. The van der Waals surface area contributed by atoms with Crippen LogP contribution in [0.2, 0.25) is 0 Å². The lowest BCUT2D eigenvalue weighted by Crippen LogP contribution is -2.52. The Morgan fingerprint density at radius 1 is 1.05 bits per heavy atom. The van der Waals surface area contributed by atoms with Gasteiger partial charge in [-0.05, 0) is 13.8 Å². The molecule has 22 heavy (non-hydrogen) atoms. The number of aliphatic imine (C=N–C) groups is 4. The van der Waals surface area contributed by atoms with Crippen molar-refractivity contribution < 1.29 is 0 Å². The highest BCUT2D eigenvalue weighted by molar-refractivity contribution is 6.00. The molecule has 0 aliphatic carbocycles. The Labute approximate surface area is 130 Å². The van der Waals surface area contributed by atoms with E-state index in [1.807, 2.05) is 27.9 Å². The van der Waals surface area contributed by atoms with Gasteiger partial charge in [-0.3, -0.25) is 10.2 Å². The summed E-state index contributed by atoms with van der Waals surface area (Å²) in [4.78, 5) is 18.9. The first kappa shape index (κ1) is 15.9. The van der Waals surface area contributed by atoms with Gasteiger partial charge >= 0.3 is 0 Å². The second kappa shape index (κ2) is 6.96. The molecule has 2 atom stereocenters. The van der Waals surface area contributed by atoms with Gasteiger partial charge in [-0.1, -0.05) is 0 Å². The van der Waals surface area contributed by atoms with Crippen molar-refractivity contribution in [1.29, 1.82) is 0 Å². The van der Waals surface area contributed by atoms with Crippen LogP contribution in [-0.4, -0.2) is 68.3 Å². The molecule has 0 radical (unpaired) electrons. The molecule has 0 fully saturated rings. The van der Waals surface area contributed by atoms with Gasteiger partial charge in [0.2, 0.25) is 5.96 Å². The van der Waals surface area contributed by atoms with Crippen molar-refractivity contribution in [1.82, 2.24) is 26.2 Å². The van der Waals surface area contributed by atoms with Crippen molar-refractivity contribution in [3.63, 3.8) is 0 Å². The van der Waals surface area contributed by atoms with Crippen molar-refractivity contribution in [2.45, 2.75) is 26.2 Å². The largest absolute Gasteiger partial charge is 0.369 e. The molecule has 10 heteroatoms. The van der Waals surface area contributed by atoms with E-state index in [-0.39, 0.29) is 12.3 Å². The molecular formula is C12H24N10. The SMILES string of the molecule is CNC1=NC(C)N=C(NCCNC2=NC(C)N=C(N)N2C)N1. The van der Waals surface area contributed by atoms with Gasteiger partial charge in [0.05, 0.1) is 0 Å². The molecule has 0 aromatic rings. The highest BCUT2D eigenvalue weighted by Gasteiger charge is 2.17. The van der Waals surface area contributed by atoms with Crippen molar-refractivity contribution in [3.05, 3.63) is 0 Å². The van der Waals surface area contributed by atoms with E-state index in [1.54, 1.807) is 4.90 Å². The van der Waals surface area contributed by atoms with Crippen molar-refractivity contribution in [2.24, 2.45) is 25.7 Å². The highest BCUT2D eigenvalue weighted by atomic mass is 15.4. The summed E-state index contributed by atoms with van der Waals surface area (Å²) in [7, 11) is 3.64. The Hall–Kier alpha value is -2.52. The smallest absolute Gasteiger partial charge is 0.202 e. The summed E-state index contributed by atoms with van der Waals surface area (Å²) in [6.45, 7) is 5.16. The number of hydrogen-bond donors (Lipinski definition) is 5. The maximum absolute atomic E-state index is 5.82. The van der Waals surface area contributed by atoms with Gasteiger partial charge in [0.25, 0.3) is 0 Å². The van der Waals surface area contributed by atoms with Crippen LogP contribution in [0.3, 0.4) is 0 Å². The first-order chi connectivity index (χ1) is 10.5. The van der Waals surface area contributed by atoms with E-state index in [4.69, 9.17) is 5.73 Å². The third kappa shape index (κ3) is 3.99. The first-order valence-corrected chi connectivity index (χ1v) is 7.22. The van der Waals surface area contributed by atoms with E-state index in [9.17, 15) is 0 Å². The fourth-order valence-electron chi connectivity index (χ4n) is 1.99. The molecule has 2 rings (SSSR count). The van der Waals surface area contributed by atoms with Crippen molar-refractivity contribution >= 4 is 23.8 Å². The maximum atomic E-state index is 5.82. The van der Waals surface area contributed by atoms with Gasteiger partial charge in [-0.2, -0.15) is 0 Å². The second-order valence-corrected chi connectivity index (χ2v) is 4.95. The van der Waals surface area contributed by atoms with E-state index in [0.29, 0.717) is 36.9 Å². The number of nitrogens with two attached hydrogens (primary N) is 1. The van der Waals surface area contributed by atoms with E-state index >= 15 is 0 Å². The quantitative estimate of drug-likeness (QED) is 0.384. The minimum absolute atomic E-state index is 0.107. The molecule has 0 aromatic carbocycles. The summed E-state index contributed by atoms with van der Waals surface area (Å²) in [6, 6.07) is 0. The van der Waals surface area contributed by atoms with Crippen LogP contribution < -0.4 is 27.0 Å². The Morgan fingerprint density at radius 3 is 2.41 bits per heavy atom. The number of rotatable bonds is 3. The van der Waals surface area contributed by atoms with Gasteiger partial charge in [0, 0.05) is 27.2 Å². The Balaban J connectivity index is 1.76. The molecule has 6 N–H and O–H groups in total. The zero-order valence-corrected chi connectivity index (χ0v) is 13.4. The number of guanidine groups is 4. The summed E-state index contributed by atoms with van der Waals surface area (Å²) >= 11 is 0. The van der Waals surface area contributed by atoms with Gasteiger partial charge in [-0.15, -0.1) is 0 Å².